The van der Waals surface area contributed by atoms with Crippen LogP contribution in [0.4, 0.5) is 0 Å². The number of nitrogens with one attached hydrogen (secondary N) is 2. The highest BCUT2D eigenvalue weighted by molar-refractivity contribution is 6.76. The summed E-state index contributed by atoms with van der Waals surface area (Å²) in [4.78, 5) is 40.3. The van der Waals surface area contributed by atoms with Gasteiger partial charge in [-0.1, -0.05) is 120 Å². The zero-order valence-corrected chi connectivity index (χ0v) is 32.0. The van der Waals surface area contributed by atoms with Gasteiger partial charge in [0.15, 0.2) is 0 Å². The number of halogens is 3. The Morgan fingerprint density at radius 1 is 0.891 bits per heavy atom. The van der Waals surface area contributed by atoms with Gasteiger partial charge >= 0.3 is 5.69 Å². The molecule has 4 aromatic carbocycles. The smallest absolute Gasteiger partial charge is 0.330 e. The Hall–Kier alpha value is -4.88. The fourth-order valence-corrected chi connectivity index (χ4v) is 7.05. The standard InChI is InChI=1S/C41H38Cl3N3O8/c1-53-31-18-14-29(15-19-31)40(28-6-4-3-5-7-28,30-16-20-32(54-2)21-17-30)36(49)35-33(48)22-34(55-35)47-24-27(37(50)46-39(47)52)13-12-25-8-10-26(11-9-25)23-45-38(51)41(42,43)44/h3-21,24,33-36,48-49H,22-23H2,1-2H3,(H,45,51)(H,46,50,52)/t33-,34+,35-,36?/m0/s1. The first-order chi connectivity index (χ1) is 26.3. The van der Waals surface area contributed by atoms with E-state index in [0.29, 0.717) is 22.6 Å². The van der Waals surface area contributed by atoms with E-state index in [-0.39, 0.29) is 18.5 Å². The normalized spacial score (nSPS) is 17.9. The molecule has 14 heteroatoms. The van der Waals surface area contributed by atoms with Gasteiger partial charge in [0, 0.05) is 19.2 Å². The van der Waals surface area contributed by atoms with Gasteiger partial charge in [-0.2, -0.15) is 0 Å². The molecule has 1 unspecified atom stereocenters. The summed E-state index contributed by atoms with van der Waals surface area (Å²) in [5.41, 5.74) is 1.09. The van der Waals surface area contributed by atoms with Gasteiger partial charge in [0.05, 0.1) is 31.3 Å². The fraction of sp³-hybridized carbons (Fsp3) is 0.244. The van der Waals surface area contributed by atoms with E-state index in [0.717, 1.165) is 16.7 Å². The Labute approximate surface area is 331 Å². The number of H-pyrrole nitrogens is 1. The van der Waals surface area contributed by atoms with E-state index in [1.165, 1.54) is 10.8 Å². The summed E-state index contributed by atoms with van der Waals surface area (Å²) in [6.45, 7) is 0.136. The number of aliphatic hydroxyl groups is 2. The van der Waals surface area contributed by atoms with Crippen molar-refractivity contribution in [2.24, 2.45) is 0 Å². The largest absolute Gasteiger partial charge is 0.497 e. The number of hydrogen-bond acceptors (Lipinski definition) is 8. The number of hydrogen-bond donors (Lipinski definition) is 4. The van der Waals surface area contributed by atoms with Gasteiger partial charge in [0.2, 0.25) is 0 Å². The maximum Gasteiger partial charge on any atom is 0.330 e. The van der Waals surface area contributed by atoms with Crippen LogP contribution in [0, 0.1) is 0 Å². The van der Waals surface area contributed by atoms with Crippen LogP contribution in [-0.4, -0.2) is 62.0 Å². The van der Waals surface area contributed by atoms with Crippen LogP contribution in [-0.2, 0) is 21.5 Å². The zero-order chi connectivity index (χ0) is 39.3. The van der Waals surface area contributed by atoms with Crippen molar-refractivity contribution in [1.82, 2.24) is 14.9 Å². The van der Waals surface area contributed by atoms with Gasteiger partial charge < -0.3 is 29.7 Å². The van der Waals surface area contributed by atoms with E-state index in [1.54, 1.807) is 74.9 Å². The Bertz CT molecular complexity index is 2190. The molecular formula is C41H38Cl3N3O8. The number of rotatable bonds is 12. The number of aromatic nitrogens is 2. The second-order valence-electron chi connectivity index (χ2n) is 12.9. The van der Waals surface area contributed by atoms with Crippen LogP contribution in [0.3, 0.4) is 0 Å². The highest BCUT2D eigenvalue weighted by Crippen LogP contribution is 2.47. The number of carbonyl (C=O) groups is 1. The van der Waals surface area contributed by atoms with Crippen LogP contribution in [0.5, 0.6) is 11.5 Å². The van der Waals surface area contributed by atoms with Gasteiger partial charge in [0.1, 0.15) is 29.9 Å². The molecule has 4 atom stereocenters. The van der Waals surface area contributed by atoms with Crippen molar-refractivity contribution in [3.8, 4) is 11.5 Å². The second-order valence-corrected chi connectivity index (χ2v) is 15.2. The van der Waals surface area contributed by atoms with Gasteiger partial charge in [-0.3, -0.25) is 19.1 Å². The Morgan fingerprint density at radius 3 is 2.00 bits per heavy atom. The first-order valence-corrected chi connectivity index (χ1v) is 18.3. The van der Waals surface area contributed by atoms with Crippen molar-refractivity contribution in [2.45, 2.75) is 46.7 Å². The van der Waals surface area contributed by atoms with Gasteiger partial charge in [-0.15, -0.1) is 0 Å². The van der Waals surface area contributed by atoms with E-state index in [1.807, 2.05) is 54.6 Å². The van der Waals surface area contributed by atoms with Crippen molar-refractivity contribution in [1.29, 1.82) is 0 Å². The van der Waals surface area contributed by atoms with Crippen LogP contribution in [0.1, 0.15) is 46.0 Å². The molecular weight excluding hydrogens is 769 g/mol. The molecule has 0 bridgehead atoms. The van der Waals surface area contributed by atoms with Crippen molar-refractivity contribution in [2.75, 3.05) is 14.2 Å². The highest BCUT2D eigenvalue weighted by atomic mass is 35.6. The average Bonchev–Trinajstić information content (AvgIpc) is 3.58. The maximum absolute atomic E-state index is 13.2. The molecule has 0 spiro atoms. The molecule has 4 N–H and O–H groups in total. The molecule has 1 amide bonds. The summed E-state index contributed by atoms with van der Waals surface area (Å²) in [5, 5.41) is 26.8. The van der Waals surface area contributed by atoms with Crippen molar-refractivity contribution >= 4 is 52.9 Å². The van der Waals surface area contributed by atoms with Crippen LogP contribution in [0.2, 0.25) is 0 Å². The molecule has 1 aliphatic heterocycles. The minimum Gasteiger partial charge on any atom is -0.497 e. The summed E-state index contributed by atoms with van der Waals surface area (Å²) >= 11 is 16.8. The number of alkyl halides is 3. The second kappa shape index (κ2) is 16.9. The van der Waals surface area contributed by atoms with E-state index < -0.39 is 50.9 Å². The summed E-state index contributed by atoms with van der Waals surface area (Å²) in [6, 6.07) is 31.1. The number of methoxy groups -OCH3 is 2. The quantitative estimate of drug-likeness (QED) is 0.0919. The molecule has 2 heterocycles. The van der Waals surface area contributed by atoms with E-state index in [2.05, 4.69) is 10.3 Å². The first-order valence-electron chi connectivity index (χ1n) is 17.2. The lowest BCUT2D eigenvalue weighted by molar-refractivity contribution is -0.120. The summed E-state index contributed by atoms with van der Waals surface area (Å²) in [7, 11) is 3.14. The fourth-order valence-electron chi connectivity index (χ4n) is 6.85. The van der Waals surface area contributed by atoms with Crippen LogP contribution in [0.15, 0.2) is 119 Å². The predicted octanol–water partition coefficient (Wildman–Crippen LogP) is 5.75. The first kappa shape index (κ1) is 39.8. The topological polar surface area (TPSA) is 152 Å². The van der Waals surface area contributed by atoms with Crippen molar-refractivity contribution in [3.63, 3.8) is 0 Å². The van der Waals surface area contributed by atoms with Gasteiger partial charge in [-0.25, -0.2) is 4.79 Å². The Kier molecular flexibility index (Phi) is 12.2. The molecule has 1 fully saturated rings. The van der Waals surface area contributed by atoms with Crippen molar-refractivity contribution in [3.05, 3.63) is 164 Å². The number of aromatic amines is 1. The third-order valence-electron chi connectivity index (χ3n) is 9.66. The van der Waals surface area contributed by atoms with Gasteiger partial charge in [0.25, 0.3) is 15.3 Å². The molecule has 11 nitrogen and oxygen atoms in total. The molecule has 0 saturated carbocycles. The molecule has 6 rings (SSSR count). The Morgan fingerprint density at radius 2 is 1.45 bits per heavy atom. The molecule has 5 aromatic rings. The number of aliphatic hydroxyl groups excluding tert-OH is 2. The number of ether oxygens (including phenoxy) is 3. The number of carbonyl (C=O) groups excluding carboxylic acids is 1. The molecule has 286 valence electrons. The lowest BCUT2D eigenvalue weighted by atomic mass is 9.64. The highest BCUT2D eigenvalue weighted by Gasteiger charge is 2.52. The van der Waals surface area contributed by atoms with E-state index in [9.17, 15) is 24.6 Å². The third kappa shape index (κ3) is 8.52. The maximum atomic E-state index is 13.2. The zero-order valence-electron chi connectivity index (χ0n) is 29.7. The number of benzene rings is 4. The van der Waals surface area contributed by atoms with Gasteiger partial charge in [-0.05, 0) is 58.2 Å². The lowest BCUT2D eigenvalue weighted by Gasteiger charge is -2.43. The predicted molar refractivity (Wildman–Crippen MR) is 212 cm³/mol. The molecule has 55 heavy (non-hydrogen) atoms. The lowest BCUT2D eigenvalue weighted by Crippen LogP contribution is -2.51. The van der Waals surface area contributed by atoms with Crippen LogP contribution < -0.4 is 26.0 Å². The van der Waals surface area contributed by atoms with Crippen LogP contribution in [0.25, 0.3) is 12.2 Å². The Balaban J connectivity index is 1.31. The monoisotopic (exact) mass is 805 g/mol. The number of amides is 1. The number of nitrogens with zero attached hydrogens (tertiary/aromatic N) is 1. The molecule has 1 saturated heterocycles. The molecule has 0 radical (unpaired) electrons. The van der Waals surface area contributed by atoms with E-state index >= 15 is 0 Å². The van der Waals surface area contributed by atoms with Crippen LogP contribution >= 0.6 is 34.8 Å². The minimum absolute atomic E-state index is 0.0524. The third-order valence-corrected chi connectivity index (χ3v) is 10.2. The van der Waals surface area contributed by atoms with E-state index in [4.69, 9.17) is 49.0 Å². The molecule has 1 aliphatic rings. The summed E-state index contributed by atoms with van der Waals surface area (Å²) < 4.78 is 16.4. The minimum atomic E-state index is -2.07. The molecule has 0 aliphatic carbocycles. The average molecular weight is 807 g/mol. The molecule has 1 aromatic heterocycles. The summed E-state index contributed by atoms with van der Waals surface area (Å²) in [5.74, 6) is 0.491. The van der Waals surface area contributed by atoms with Crippen molar-refractivity contribution < 1.29 is 29.2 Å². The SMILES string of the molecule is COc1ccc(C(c2ccccc2)(c2ccc(OC)cc2)C(O)[C@H]2O[C@@H](n3cc(C=Cc4ccc(CNC(=O)C(Cl)(Cl)Cl)cc4)c(=O)[nH]c3=O)C[C@@H]2O)cc1. The summed E-state index contributed by atoms with van der Waals surface area (Å²) in [6.07, 6.45) is -0.301.